The number of nitrogens with one attached hydrogen (secondary N) is 1. The Morgan fingerprint density at radius 1 is 1.12 bits per heavy atom. The zero-order valence-corrected chi connectivity index (χ0v) is 18.3. The maximum Gasteiger partial charge on any atom is 0.257 e. The van der Waals surface area contributed by atoms with Crippen LogP contribution in [0.4, 0.5) is 5.82 Å². The summed E-state index contributed by atoms with van der Waals surface area (Å²) in [6.07, 6.45) is 0.703. The second-order valence-electron chi connectivity index (χ2n) is 7.61. The first kappa shape index (κ1) is 21.0. The zero-order valence-electron chi connectivity index (χ0n) is 18.3. The summed E-state index contributed by atoms with van der Waals surface area (Å²) in [5.74, 6) is 1.26. The van der Waals surface area contributed by atoms with Crippen LogP contribution in [0.5, 0.6) is 11.5 Å². The molecule has 5 rings (SSSR count). The minimum Gasteiger partial charge on any atom is -0.486 e. The quantitative estimate of drug-likeness (QED) is 0.419. The van der Waals surface area contributed by atoms with Crippen LogP contribution in [-0.2, 0) is 4.74 Å². The molecule has 2 aromatic carbocycles. The maximum atomic E-state index is 13.2. The van der Waals surface area contributed by atoms with E-state index in [0.717, 1.165) is 0 Å². The summed E-state index contributed by atoms with van der Waals surface area (Å²) in [5.41, 5.74) is 9.93. The number of nitrogens with two attached hydrogens (primary N) is 1. The van der Waals surface area contributed by atoms with E-state index in [1.54, 1.807) is 4.57 Å². The molecule has 4 aromatic rings. The van der Waals surface area contributed by atoms with Crippen LogP contribution in [0.25, 0.3) is 27.9 Å². The summed E-state index contributed by atoms with van der Waals surface area (Å²) in [5, 5.41) is 2.93. The summed E-state index contributed by atoms with van der Waals surface area (Å²) >= 11 is 0. The highest BCUT2D eigenvalue weighted by molar-refractivity contribution is 6.11. The third-order valence-electron chi connectivity index (χ3n) is 5.46. The minimum absolute atomic E-state index is 0.263. The van der Waals surface area contributed by atoms with Crippen LogP contribution in [0.3, 0.4) is 0 Å². The molecular weight excluding hydrogens is 422 g/mol. The molecule has 0 saturated carbocycles. The predicted octanol–water partition coefficient (Wildman–Crippen LogP) is 3.08. The van der Waals surface area contributed by atoms with Gasteiger partial charge in [0.25, 0.3) is 5.91 Å². The van der Waals surface area contributed by atoms with Crippen molar-refractivity contribution in [2.45, 2.75) is 13.3 Å². The first-order chi connectivity index (χ1) is 16.2. The number of aromatic nitrogens is 3. The lowest BCUT2D eigenvalue weighted by Gasteiger charge is -2.19. The predicted molar refractivity (Wildman–Crippen MR) is 125 cm³/mol. The number of nitrogens with zero attached hydrogens (tertiary/aromatic N) is 3. The van der Waals surface area contributed by atoms with Crippen LogP contribution in [0, 0.1) is 0 Å². The van der Waals surface area contributed by atoms with Crippen molar-refractivity contribution in [1.29, 1.82) is 0 Å². The van der Waals surface area contributed by atoms with Crippen molar-refractivity contribution in [2.24, 2.45) is 0 Å². The Morgan fingerprint density at radius 3 is 2.67 bits per heavy atom. The molecule has 9 nitrogen and oxygen atoms in total. The largest absolute Gasteiger partial charge is 0.486 e. The maximum absolute atomic E-state index is 13.2. The van der Waals surface area contributed by atoms with Crippen molar-refractivity contribution in [1.82, 2.24) is 19.9 Å². The molecule has 0 atom stereocenters. The van der Waals surface area contributed by atoms with Crippen molar-refractivity contribution in [3.05, 3.63) is 48.0 Å². The first-order valence-corrected chi connectivity index (χ1v) is 11.0. The molecule has 0 unspecified atom stereocenters. The number of amides is 1. The molecule has 1 aliphatic rings. The highest BCUT2D eigenvalue weighted by Crippen LogP contribution is 2.36. The van der Waals surface area contributed by atoms with Gasteiger partial charge in [0.05, 0.1) is 16.7 Å². The summed E-state index contributed by atoms with van der Waals surface area (Å²) in [6.45, 7) is 4.61. The zero-order chi connectivity index (χ0) is 22.8. The summed E-state index contributed by atoms with van der Waals surface area (Å²) in [7, 11) is 0. The minimum atomic E-state index is -0.296. The molecule has 1 amide bonds. The highest BCUT2D eigenvalue weighted by atomic mass is 16.6. The van der Waals surface area contributed by atoms with E-state index < -0.39 is 0 Å². The highest BCUT2D eigenvalue weighted by Gasteiger charge is 2.25. The smallest absolute Gasteiger partial charge is 0.257 e. The normalized spacial score (nSPS) is 12.9. The van der Waals surface area contributed by atoms with E-state index in [1.807, 2.05) is 49.4 Å². The van der Waals surface area contributed by atoms with Crippen molar-refractivity contribution in [3.8, 4) is 17.2 Å². The lowest BCUT2D eigenvalue weighted by molar-refractivity contribution is 0.0946. The lowest BCUT2D eigenvalue weighted by atomic mass is 10.2. The second kappa shape index (κ2) is 8.95. The monoisotopic (exact) mass is 447 g/mol. The standard InChI is InChI=1S/C24H25N5O4/c1-2-31-11-5-10-26-24(30)20-21-23(28-17-7-4-3-6-16(17)27-21)29(22(20)25)15-8-9-18-19(14-15)33-13-12-32-18/h3-4,6-9,14H,2,5,10-13,25H2,1H3,(H,26,30). The van der Waals surface area contributed by atoms with E-state index in [-0.39, 0.29) is 11.7 Å². The van der Waals surface area contributed by atoms with E-state index in [0.29, 0.717) is 84.3 Å². The Balaban J connectivity index is 1.62. The average molecular weight is 447 g/mol. The van der Waals surface area contributed by atoms with Gasteiger partial charge in [0.2, 0.25) is 0 Å². The average Bonchev–Trinajstić information content (AvgIpc) is 3.12. The van der Waals surface area contributed by atoms with Gasteiger partial charge in [0.15, 0.2) is 17.1 Å². The molecule has 0 aliphatic carbocycles. The Bertz CT molecular complexity index is 1330. The van der Waals surface area contributed by atoms with Crippen molar-refractivity contribution in [2.75, 3.05) is 38.7 Å². The van der Waals surface area contributed by atoms with Gasteiger partial charge in [0.1, 0.15) is 30.1 Å². The number of rotatable bonds is 7. The third-order valence-corrected chi connectivity index (χ3v) is 5.46. The lowest BCUT2D eigenvalue weighted by Crippen LogP contribution is -2.26. The van der Waals surface area contributed by atoms with Gasteiger partial charge < -0.3 is 25.3 Å². The summed E-state index contributed by atoms with van der Waals surface area (Å²) in [4.78, 5) is 22.7. The molecule has 170 valence electrons. The van der Waals surface area contributed by atoms with Gasteiger partial charge >= 0.3 is 0 Å². The number of hydrogen-bond donors (Lipinski definition) is 2. The Kier molecular flexibility index (Phi) is 5.70. The number of para-hydroxylation sites is 2. The molecule has 33 heavy (non-hydrogen) atoms. The molecule has 0 spiro atoms. The molecule has 1 aliphatic heterocycles. The fourth-order valence-electron chi connectivity index (χ4n) is 3.93. The Morgan fingerprint density at radius 2 is 1.88 bits per heavy atom. The topological polar surface area (TPSA) is 114 Å². The van der Waals surface area contributed by atoms with E-state index in [4.69, 9.17) is 29.9 Å². The molecule has 0 saturated heterocycles. The molecule has 9 heteroatoms. The van der Waals surface area contributed by atoms with Crippen LogP contribution >= 0.6 is 0 Å². The van der Waals surface area contributed by atoms with Crippen LogP contribution < -0.4 is 20.5 Å². The van der Waals surface area contributed by atoms with E-state index in [1.165, 1.54) is 0 Å². The molecule has 0 radical (unpaired) electrons. The first-order valence-electron chi connectivity index (χ1n) is 11.0. The fraction of sp³-hybridized carbons (Fsp3) is 0.292. The van der Waals surface area contributed by atoms with Gasteiger partial charge in [-0.25, -0.2) is 9.97 Å². The number of fused-ring (bicyclic) bond motifs is 3. The molecule has 0 fully saturated rings. The van der Waals surface area contributed by atoms with Gasteiger partial charge in [-0.3, -0.25) is 9.36 Å². The van der Waals surface area contributed by atoms with Crippen LogP contribution in [0.1, 0.15) is 23.7 Å². The van der Waals surface area contributed by atoms with Crippen molar-refractivity contribution < 1.29 is 19.0 Å². The summed E-state index contributed by atoms with van der Waals surface area (Å²) in [6, 6.07) is 13.1. The van der Waals surface area contributed by atoms with Gasteiger partial charge in [-0.05, 0) is 37.6 Å². The molecule has 3 N–H and O–H groups in total. The fourth-order valence-corrected chi connectivity index (χ4v) is 3.93. The second-order valence-corrected chi connectivity index (χ2v) is 7.61. The van der Waals surface area contributed by atoms with Crippen LogP contribution in [-0.4, -0.2) is 53.4 Å². The Hall–Kier alpha value is -3.85. The van der Waals surface area contributed by atoms with Crippen molar-refractivity contribution in [3.63, 3.8) is 0 Å². The SMILES string of the molecule is CCOCCCNC(=O)c1c(N)n(-c2ccc3c(c2)OCCO3)c2nc3ccccc3nc12. The number of ether oxygens (including phenoxy) is 3. The molecule has 3 heterocycles. The number of anilines is 1. The van der Waals surface area contributed by atoms with Gasteiger partial charge in [-0.15, -0.1) is 0 Å². The number of carbonyl (C=O) groups excluding carboxylic acids is 1. The van der Waals surface area contributed by atoms with Crippen LogP contribution in [0.2, 0.25) is 0 Å². The number of hydrogen-bond acceptors (Lipinski definition) is 7. The van der Waals surface area contributed by atoms with E-state index in [2.05, 4.69) is 5.32 Å². The summed E-state index contributed by atoms with van der Waals surface area (Å²) < 4.78 is 18.5. The molecule has 0 bridgehead atoms. The number of carbonyl (C=O) groups is 1. The number of nitrogen functional groups attached to an aromatic ring is 1. The van der Waals surface area contributed by atoms with Gasteiger partial charge in [0, 0.05) is 25.8 Å². The van der Waals surface area contributed by atoms with E-state index in [9.17, 15) is 4.79 Å². The molecular formula is C24H25N5O4. The number of benzene rings is 2. The van der Waals surface area contributed by atoms with Crippen LogP contribution in [0.15, 0.2) is 42.5 Å². The Labute approximate surface area is 190 Å². The third kappa shape index (κ3) is 3.91. The van der Waals surface area contributed by atoms with E-state index >= 15 is 0 Å². The van der Waals surface area contributed by atoms with Gasteiger partial charge in [-0.2, -0.15) is 0 Å². The van der Waals surface area contributed by atoms with Gasteiger partial charge in [-0.1, -0.05) is 12.1 Å². The molecule has 2 aromatic heterocycles. The van der Waals surface area contributed by atoms with Crippen molar-refractivity contribution >= 4 is 33.9 Å².